The van der Waals surface area contributed by atoms with Gasteiger partial charge in [0, 0.05) is 32.2 Å². The number of para-hydroxylation sites is 2. The van der Waals surface area contributed by atoms with E-state index in [0.29, 0.717) is 6.04 Å². The molecule has 1 aliphatic carbocycles. The summed E-state index contributed by atoms with van der Waals surface area (Å²) in [5.74, 6) is 0.948. The quantitative estimate of drug-likeness (QED) is 0.859. The average molecular weight is 334 g/mol. The Morgan fingerprint density at radius 1 is 1.09 bits per heavy atom. The van der Waals surface area contributed by atoms with Gasteiger partial charge in [0.25, 0.3) is 0 Å². The van der Waals surface area contributed by atoms with E-state index in [4.69, 9.17) is 17.0 Å². The zero-order valence-electron chi connectivity index (χ0n) is 14.0. The van der Waals surface area contributed by atoms with Gasteiger partial charge in [-0.05, 0) is 37.2 Å². The van der Waals surface area contributed by atoms with Crippen LogP contribution in [0.2, 0.25) is 0 Å². The molecule has 0 unspecified atom stereocenters. The molecule has 0 bridgehead atoms. The molecule has 2 fully saturated rings. The molecule has 0 spiro atoms. The minimum atomic E-state index is 0.587. The van der Waals surface area contributed by atoms with Crippen LogP contribution in [0.5, 0.6) is 5.75 Å². The number of rotatable bonds is 3. The molecule has 0 atom stereocenters. The molecule has 0 radical (unpaired) electrons. The van der Waals surface area contributed by atoms with Gasteiger partial charge in [-0.2, -0.15) is 0 Å². The maximum atomic E-state index is 5.63. The van der Waals surface area contributed by atoms with Crippen LogP contribution in [0.15, 0.2) is 24.3 Å². The van der Waals surface area contributed by atoms with Gasteiger partial charge in [-0.25, -0.2) is 0 Å². The number of hydrogen-bond donors (Lipinski definition) is 1. The number of methoxy groups -OCH3 is 1. The first kappa shape index (κ1) is 16.4. The highest BCUT2D eigenvalue weighted by Gasteiger charge is 2.22. The van der Waals surface area contributed by atoms with E-state index in [2.05, 4.69) is 27.2 Å². The molecule has 1 aliphatic heterocycles. The molecular formula is C18H27N3OS. The fourth-order valence-electron chi connectivity index (χ4n) is 3.55. The van der Waals surface area contributed by atoms with Gasteiger partial charge >= 0.3 is 0 Å². The maximum Gasteiger partial charge on any atom is 0.169 e. The average Bonchev–Trinajstić information content (AvgIpc) is 2.62. The second kappa shape index (κ2) is 7.86. The first-order valence-corrected chi connectivity index (χ1v) is 9.12. The minimum Gasteiger partial charge on any atom is -0.495 e. The van der Waals surface area contributed by atoms with Gasteiger partial charge in [0.1, 0.15) is 5.75 Å². The highest BCUT2D eigenvalue weighted by atomic mass is 32.1. The molecule has 1 N–H and O–H groups in total. The molecule has 3 rings (SSSR count). The van der Waals surface area contributed by atoms with Crippen molar-refractivity contribution in [3.05, 3.63) is 24.3 Å². The molecule has 1 aromatic carbocycles. The van der Waals surface area contributed by atoms with Crippen molar-refractivity contribution >= 4 is 23.0 Å². The molecule has 2 aliphatic rings. The van der Waals surface area contributed by atoms with Crippen LogP contribution >= 0.6 is 12.2 Å². The normalized spacial score (nSPS) is 19.5. The molecule has 0 amide bonds. The van der Waals surface area contributed by atoms with Gasteiger partial charge in [0.2, 0.25) is 0 Å². The summed E-state index contributed by atoms with van der Waals surface area (Å²) in [6, 6.07) is 8.83. The summed E-state index contributed by atoms with van der Waals surface area (Å²) in [4.78, 5) is 4.70. The Kier molecular flexibility index (Phi) is 5.60. The standard InChI is InChI=1S/C18H27N3OS/c1-22-17-10-6-5-9-16(17)20-11-13-21(14-12-20)18(23)19-15-7-3-2-4-8-15/h5-6,9-10,15H,2-4,7-8,11-14H2,1H3,(H,19,23). The Balaban J connectivity index is 1.52. The van der Waals surface area contributed by atoms with E-state index in [0.717, 1.165) is 37.0 Å². The molecule has 1 saturated carbocycles. The summed E-state index contributed by atoms with van der Waals surface area (Å²) < 4.78 is 5.48. The van der Waals surface area contributed by atoms with Crippen molar-refractivity contribution in [3.63, 3.8) is 0 Å². The van der Waals surface area contributed by atoms with Crippen LogP contribution in [0.25, 0.3) is 0 Å². The van der Waals surface area contributed by atoms with Gasteiger partial charge in [-0.3, -0.25) is 0 Å². The SMILES string of the molecule is COc1ccccc1N1CCN(C(=S)NC2CCCCC2)CC1. The Bertz CT molecular complexity index is 523. The number of hydrogen-bond acceptors (Lipinski definition) is 3. The Morgan fingerprint density at radius 2 is 1.78 bits per heavy atom. The van der Waals surface area contributed by atoms with Crippen LogP contribution in [0.1, 0.15) is 32.1 Å². The van der Waals surface area contributed by atoms with Crippen LogP contribution in [0, 0.1) is 0 Å². The topological polar surface area (TPSA) is 27.7 Å². The van der Waals surface area contributed by atoms with Crippen molar-refractivity contribution in [2.75, 3.05) is 38.2 Å². The molecule has 1 aromatic rings. The molecule has 4 nitrogen and oxygen atoms in total. The van der Waals surface area contributed by atoms with E-state index in [1.54, 1.807) is 7.11 Å². The van der Waals surface area contributed by atoms with Gasteiger partial charge < -0.3 is 19.9 Å². The fourth-order valence-corrected chi connectivity index (χ4v) is 3.90. The molecule has 1 saturated heterocycles. The predicted octanol–water partition coefficient (Wildman–Crippen LogP) is 3.02. The van der Waals surface area contributed by atoms with Crippen LogP contribution in [-0.2, 0) is 0 Å². The number of nitrogens with zero attached hydrogens (tertiary/aromatic N) is 2. The van der Waals surface area contributed by atoms with E-state index in [-0.39, 0.29) is 0 Å². The van der Waals surface area contributed by atoms with E-state index in [1.165, 1.54) is 37.8 Å². The minimum absolute atomic E-state index is 0.587. The molecule has 1 heterocycles. The van der Waals surface area contributed by atoms with Crippen molar-refractivity contribution in [3.8, 4) is 5.75 Å². The second-order valence-electron chi connectivity index (χ2n) is 6.43. The molecule has 0 aromatic heterocycles. The number of nitrogens with one attached hydrogen (secondary N) is 1. The van der Waals surface area contributed by atoms with Crippen molar-refractivity contribution in [2.45, 2.75) is 38.1 Å². The summed E-state index contributed by atoms with van der Waals surface area (Å²) in [6.45, 7) is 3.90. The second-order valence-corrected chi connectivity index (χ2v) is 6.82. The van der Waals surface area contributed by atoms with Crippen LogP contribution in [0.3, 0.4) is 0 Å². The zero-order valence-corrected chi connectivity index (χ0v) is 14.8. The number of piperazine rings is 1. The van der Waals surface area contributed by atoms with Crippen molar-refractivity contribution < 1.29 is 4.74 Å². The summed E-state index contributed by atoms with van der Waals surface area (Å²) in [7, 11) is 1.73. The third-order valence-corrected chi connectivity index (χ3v) is 5.30. The fraction of sp³-hybridized carbons (Fsp3) is 0.611. The smallest absolute Gasteiger partial charge is 0.169 e. The summed E-state index contributed by atoms with van der Waals surface area (Å²) >= 11 is 5.63. The number of ether oxygens (including phenoxy) is 1. The van der Waals surface area contributed by atoms with Gasteiger partial charge in [0.05, 0.1) is 12.8 Å². The lowest BCUT2D eigenvalue weighted by Gasteiger charge is -2.39. The van der Waals surface area contributed by atoms with Crippen molar-refractivity contribution in [1.82, 2.24) is 10.2 Å². The lowest BCUT2D eigenvalue weighted by molar-refractivity contribution is 0.352. The Hall–Kier alpha value is -1.49. The van der Waals surface area contributed by atoms with E-state index >= 15 is 0 Å². The van der Waals surface area contributed by atoms with Crippen molar-refractivity contribution in [2.24, 2.45) is 0 Å². The molecular weight excluding hydrogens is 306 g/mol. The third kappa shape index (κ3) is 4.08. The summed E-state index contributed by atoms with van der Waals surface area (Å²) in [5, 5.41) is 4.52. The zero-order chi connectivity index (χ0) is 16.1. The van der Waals surface area contributed by atoms with Crippen LogP contribution in [0.4, 0.5) is 5.69 Å². The summed E-state index contributed by atoms with van der Waals surface area (Å²) in [5.41, 5.74) is 1.18. The number of benzene rings is 1. The summed E-state index contributed by atoms with van der Waals surface area (Å²) in [6.07, 6.45) is 6.58. The Morgan fingerprint density at radius 3 is 2.48 bits per heavy atom. The Labute approximate surface area is 144 Å². The maximum absolute atomic E-state index is 5.63. The van der Waals surface area contributed by atoms with Crippen LogP contribution < -0.4 is 15.0 Å². The molecule has 5 heteroatoms. The van der Waals surface area contributed by atoms with Gasteiger partial charge in [-0.1, -0.05) is 31.4 Å². The van der Waals surface area contributed by atoms with Gasteiger partial charge in [-0.15, -0.1) is 0 Å². The first-order chi connectivity index (χ1) is 11.3. The molecule has 23 heavy (non-hydrogen) atoms. The highest BCUT2D eigenvalue weighted by molar-refractivity contribution is 7.80. The van der Waals surface area contributed by atoms with E-state index < -0.39 is 0 Å². The van der Waals surface area contributed by atoms with E-state index in [9.17, 15) is 0 Å². The predicted molar refractivity (Wildman–Crippen MR) is 99.4 cm³/mol. The largest absolute Gasteiger partial charge is 0.495 e. The van der Waals surface area contributed by atoms with E-state index in [1.807, 2.05) is 12.1 Å². The monoisotopic (exact) mass is 333 g/mol. The number of anilines is 1. The molecule has 126 valence electrons. The highest BCUT2D eigenvalue weighted by Crippen LogP contribution is 2.28. The first-order valence-electron chi connectivity index (χ1n) is 8.71. The van der Waals surface area contributed by atoms with Gasteiger partial charge in [0.15, 0.2) is 5.11 Å². The lowest BCUT2D eigenvalue weighted by Crippen LogP contribution is -2.53. The third-order valence-electron chi connectivity index (χ3n) is 4.93. The van der Waals surface area contributed by atoms with Crippen LogP contribution in [-0.4, -0.2) is 49.3 Å². The van der Waals surface area contributed by atoms with Crippen molar-refractivity contribution in [1.29, 1.82) is 0 Å². The lowest BCUT2D eigenvalue weighted by atomic mass is 9.96. The number of thiocarbonyl (C=S) groups is 1.